The Morgan fingerprint density at radius 3 is 2.45 bits per heavy atom. The van der Waals surface area contributed by atoms with E-state index >= 15 is 0 Å². The number of carbonyl (C=O) groups is 1. The molecule has 0 aliphatic rings. The SMILES string of the molecule is Cc1oc(C)c(C(=O)c2cn(C)c3ccccc23)c1C. The minimum Gasteiger partial charge on any atom is -0.466 e. The third kappa shape index (κ3) is 1.70. The van der Waals surface area contributed by atoms with Gasteiger partial charge in [0.05, 0.1) is 5.56 Å². The summed E-state index contributed by atoms with van der Waals surface area (Å²) in [6, 6.07) is 7.95. The highest BCUT2D eigenvalue weighted by Gasteiger charge is 2.22. The third-order valence-electron chi connectivity index (χ3n) is 3.93. The lowest BCUT2D eigenvalue weighted by atomic mass is 9.99. The van der Waals surface area contributed by atoms with E-state index in [1.165, 1.54) is 0 Å². The summed E-state index contributed by atoms with van der Waals surface area (Å²) in [5, 5.41) is 0.984. The second-order valence-corrected chi connectivity index (χ2v) is 5.21. The number of hydrogen-bond donors (Lipinski definition) is 0. The maximum absolute atomic E-state index is 12.9. The van der Waals surface area contributed by atoms with Gasteiger partial charge in [0, 0.05) is 35.3 Å². The monoisotopic (exact) mass is 267 g/mol. The first-order valence-electron chi connectivity index (χ1n) is 6.66. The number of benzene rings is 1. The van der Waals surface area contributed by atoms with Gasteiger partial charge in [-0.15, -0.1) is 0 Å². The number of para-hydroxylation sites is 1. The molecule has 1 aromatic carbocycles. The fourth-order valence-electron chi connectivity index (χ4n) is 2.78. The van der Waals surface area contributed by atoms with E-state index in [1.54, 1.807) is 0 Å². The van der Waals surface area contributed by atoms with Crippen molar-refractivity contribution in [3.05, 3.63) is 58.7 Å². The molecule has 0 saturated heterocycles. The lowest BCUT2D eigenvalue weighted by Crippen LogP contribution is -2.03. The lowest BCUT2D eigenvalue weighted by Gasteiger charge is -1.99. The summed E-state index contributed by atoms with van der Waals surface area (Å²) >= 11 is 0. The number of rotatable bonds is 2. The zero-order valence-corrected chi connectivity index (χ0v) is 12.2. The van der Waals surface area contributed by atoms with E-state index in [0.29, 0.717) is 11.3 Å². The Bertz CT molecular complexity index is 821. The Morgan fingerprint density at radius 2 is 1.80 bits per heavy atom. The van der Waals surface area contributed by atoms with Gasteiger partial charge in [-0.05, 0) is 26.8 Å². The predicted octanol–water partition coefficient (Wildman–Crippen LogP) is 3.93. The minimum atomic E-state index is 0.0358. The molecule has 0 aliphatic carbocycles. The number of furan rings is 1. The van der Waals surface area contributed by atoms with E-state index < -0.39 is 0 Å². The molecule has 3 aromatic rings. The number of aryl methyl sites for hydroxylation is 3. The average Bonchev–Trinajstić information content (AvgIpc) is 2.88. The number of fused-ring (bicyclic) bond motifs is 1. The normalized spacial score (nSPS) is 11.2. The number of ketones is 1. The predicted molar refractivity (Wildman–Crippen MR) is 79.3 cm³/mol. The van der Waals surface area contributed by atoms with Gasteiger partial charge < -0.3 is 8.98 Å². The average molecular weight is 267 g/mol. The fourth-order valence-corrected chi connectivity index (χ4v) is 2.78. The molecular weight excluding hydrogens is 250 g/mol. The quantitative estimate of drug-likeness (QED) is 0.659. The van der Waals surface area contributed by atoms with Gasteiger partial charge in [-0.3, -0.25) is 4.79 Å². The molecule has 0 amide bonds. The number of hydrogen-bond acceptors (Lipinski definition) is 2. The third-order valence-corrected chi connectivity index (χ3v) is 3.93. The van der Waals surface area contributed by atoms with Crippen molar-refractivity contribution in [2.24, 2.45) is 7.05 Å². The number of aromatic nitrogens is 1. The highest BCUT2D eigenvalue weighted by atomic mass is 16.3. The largest absolute Gasteiger partial charge is 0.466 e. The Labute approximate surface area is 117 Å². The van der Waals surface area contributed by atoms with Crippen LogP contribution < -0.4 is 0 Å². The van der Waals surface area contributed by atoms with E-state index in [2.05, 4.69) is 0 Å². The van der Waals surface area contributed by atoms with Gasteiger partial charge in [0.25, 0.3) is 0 Å². The van der Waals surface area contributed by atoms with Crippen LogP contribution in [0.4, 0.5) is 0 Å². The zero-order valence-electron chi connectivity index (χ0n) is 12.2. The van der Waals surface area contributed by atoms with Crippen molar-refractivity contribution in [3.63, 3.8) is 0 Å². The summed E-state index contributed by atoms with van der Waals surface area (Å²) in [6.07, 6.45) is 1.90. The molecule has 2 aromatic heterocycles. The second kappa shape index (κ2) is 4.37. The second-order valence-electron chi connectivity index (χ2n) is 5.21. The summed E-state index contributed by atoms with van der Waals surface area (Å²) in [5.41, 5.74) is 3.42. The van der Waals surface area contributed by atoms with Crippen LogP contribution in [0.5, 0.6) is 0 Å². The van der Waals surface area contributed by atoms with E-state index in [-0.39, 0.29) is 5.78 Å². The molecule has 3 nitrogen and oxygen atoms in total. The van der Waals surface area contributed by atoms with E-state index in [4.69, 9.17) is 4.42 Å². The molecule has 0 fully saturated rings. The first-order chi connectivity index (χ1) is 9.50. The Kier molecular flexibility index (Phi) is 2.78. The van der Waals surface area contributed by atoms with Crippen molar-refractivity contribution in [3.8, 4) is 0 Å². The lowest BCUT2D eigenvalue weighted by molar-refractivity contribution is 0.103. The van der Waals surface area contributed by atoms with Gasteiger partial charge in [-0.2, -0.15) is 0 Å². The summed E-state index contributed by atoms with van der Waals surface area (Å²) in [5.74, 6) is 1.54. The van der Waals surface area contributed by atoms with Crippen LogP contribution in [0.2, 0.25) is 0 Å². The van der Waals surface area contributed by atoms with Gasteiger partial charge in [-0.1, -0.05) is 18.2 Å². The first-order valence-corrected chi connectivity index (χ1v) is 6.66. The number of nitrogens with zero attached hydrogens (tertiary/aromatic N) is 1. The fraction of sp³-hybridized carbons (Fsp3) is 0.235. The Balaban J connectivity index is 2.23. The molecule has 2 heterocycles. The van der Waals surface area contributed by atoms with Crippen molar-refractivity contribution in [1.82, 2.24) is 4.57 Å². The molecule has 3 rings (SSSR count). The van der Waals surface area contributed by atoms with Crippen LogP contribution in [-0.2, 0) is 7.05 Å². The van der Waals surface area contributed by atoms with E-state index in [9.17, 15) is 4.79 Å². The molecule has 0 radical (unpaired) electrons. The topological polar surface area (TPSA) is 35.1 Å². The van der Waals surface area contributed by atoms with Crippen molar-refractivity contribution < 1.29 is 9.21 Å². The molecular formula is C17H17NO2. The molecule has 0 aliphatic heterocycles. The van der Waals surface area contributed by atoms with E-state index in [0.717, 1.165) is 27.8 Å². The smallest absolute Gasteiger partial charge is 0.198 e. The van der Waals surface area contributed by atoms with Gasteiger partial charge in [-0.25, -0.2) is 0 Å². The van der Waals surface area contributed by atoms with Crippen molar-refractivity contribution in [2.75, 3.05) is 0 Å². The molecule has 102 valence electrons. The molecule has 0 saturated carbocycles. The van der Waals surface area contributed by atoms with Crippen molar-refractivity contribution in [2.45, 2.75) is 20.8 Å². The maximum Gasteiger partial charge on any atom is 0.198 e. The van der Waals surface area contributed by atoms with Gasteiger partial charge >= 0.3 is 0 Å². The van der Waals surface area contributed by atoms with Gasteiger partial charge in [0.15, 0.2) is 5.78 Å². The van der Waals surface area contributed by atoms with Crippen LogP contribution in [0.15, 0.2) is 34.9 Å². The maximum atomic E-state index is 12.9. The molecule has 0 spiro atoms. The zero-order chi connectivity index (χ0) is 14.4. The summed E-state index contributed by atoms with van der Waals surface area (Å²) in [6.45, 7) is 5.67. The highest BCUT2D eigenvalue weighted by molar-refractivity contribution is 6.17. The Hall–Kier alpha value is -2.29. The van der Waals surface area contributed by atoms with Crippen LogP contribution in [0.3, 0.4) is 0 Å². The summed E-state index contributed by atoms with van der Waals surface area (Å²) < 4.78 is 7.57. The van der Waals surface area contributed by atoms with Gasteiger partial charge in [0.1, 0.15) is 11.5 Å². The van der Waals surface area contributed by atoms with Crippen molar-refractivity contribution >= 4 is 16.7 Å². The molecule has 20 heavy (non-hydrogen) atoms. The van der Waals surface area contributed by atoms with Crippen LogP contribution in [-0.4, -0.2) is 10.4 Å². The highest BCUT2D eigenvalue weighted by Crippen LogP contribution is 2.28. The first kappa shape index (κ1) is 12.7. The van der Waals surface area contributed by atoms with Crippen molar-refractivity contribution in [1.29, 1.82) is 0 Å². The number of carbonyl (C=O) groups excluding carboxylic acids is 1. The van der Waals surface area contributed by atoms with Crippen LogP contribution in [0.25, 0.3) is 10.9 Å². The summed E-state index contributed by atoms with van der Waals surface area (Å²) in [4.78, 5) is 12.9. The van der Waals surface area contributed by atoms with Gasteiger partial charge in [0.2, 0.25) is 0 Å². The molecule has 3 heteroatoms. The molecule has 0 bridgehead atoms. The summed E-state index contributed by atoms with van der Waals surface area (Å²) in [7, 11) is 1.96. The standard InChI is InChI=1S/C17H17NO2/c1-10-11(2)20-12(3)16(10)17(19)14-9-18(4)15-8-6-5-7-13(14)15/h5-9H,1-4H3. The van der Waals surface area contributed by atoms with E-state index in [1.807, 2.05) is 62.8 Å². The minimum absolute atomic E-state index is 0.0358. The molecule has 0 N–H and O–H groups in total. The van der Waals surface area contributed by atoms with Crippen LogP contribution in [0.1, 0.15) is 33.0 Å². The Morgan fingerprint density at radius 1 is 1.10 bits per heavy atom. The van der Waals surface area contributed by atoms with Crippen LogP contribution in [0, 0.1) is 20.8 Å². The van der Waals surface area contributed by atoms with Crippen LogP contribution >= 0.6 is 0 Å². The molecule has 0 atom stereocenters. The molecule has 0 unspecified atom stereocenters.